The molecule has 0 aliphatic heterocycles. The molecular formula is C13H12OS. The molecule has 1 nitrogen and oxygen atoms in total. The minimum absolute atomic E-state index is 0.118. The summed E-state index contributed by atoms with van der Waals surface area (Å²) in [6, 6.07) is 11.6. The van der Waals surface area contributed by atoms with Crippen LogP contribution in [0.1, 0.15) is 27.7 Å². The van der Waals surface area contributed by atoms with Crippen LogP contribution in [-0.4, -0.2) is 5.78 Å². The maximum atomic E-state index is 11.9. The molecule has 15 heavy (non-hydrogen) atoms. The number of rotatable bonds is 3. The minimum Gasteiger partial charge on any atom is -0.288 e. The van der Waals surface area contributed by atoms with E-state index < -0.39 is 0 Å². The van der Waals surface area contributed by atoms with Gasteiger partial charge in [-0.2, -0.15) is 0 Å². The van der Waals surface area contributed by atoms with Crippen LogP contribution in [0.2, 0.25) is 0 Å². The third-order valence-electron chi connectivity index (χ3n) is 2.37. The summed E-state index contributed by atoms with van der Waals surface area (Å²) in [4.78, 5) is 12.7. The van der Waals surface area contributed by atoms with Crippen molar-refractivity contribution in [2.24, 2.45) is 0 Å². The van der Waals surface area contributed by atoms with Crippen LogP contribution < -0.4 is 0 Å². The summed E-state index contributed by atoms with van der Waals surface area (Å²) in [5.41, 5.74) is 2.03. The SMILES string of the molecule is CCc1ccc(C(=O)c2cccs2)cc1. The summed E-state index contributed by atoms with van der Waals surface area (Å²) in [5.74, 6) is 0.118. The lowest BCUT2D eigenvalue weighted by molar-refractivity contribution is 0.104. The lowest BCUT2D eigenvalue weighted by atomic mass is 10.1. The summed E-state index contributed by atoms with van der Waals surface area (Å²) < 4.78 is 0. The predicted molar refractivity (Wildman–Crippen MR) is 63.6 cm³/mol. The zero-order chi connectivity index (χ0) is 10.7. The van der Waals surface area contributed by atoms with Gasteiger partial charge in [0.1, 0.15) is 0 Å². The molecule has 0 amide bonds. The summed E-state index contributed by atoms with van der Waals surface area (Å²) >= 11 is 1.49. The van der Waals surface area contributed by atoms with Gasteiger partial charge in [0.15, 0.2) is 0 Å². The third kappa shape index (κ3) is 2.16. The highest BCUT2D eigenvalue weighted by Crippen LogP contribution is 2.15. The van der Waals surface area contributed by atoms with Crippen LogP contribution in [-0.2, 0) is 6.42 Å². The molecule has 0 unspecified atom stereocenters. The number of hydrogen-bond acceptors (Lipinski definition) is 2. The third-order valence-corrected chi connectivity index (χ3v) is 3.24. The van der Waals surface area contributed by atoms with Crippen LogP contribution in [0.15, 0.2) is 41.8 Å². The first kappa shape index (κ1) is 10.1. The van der Waals surface area contributed by atoms with Gasteiger partial charge in [0, 0.05) is 5.56 Å². The molecule has 0 spiro atoms. The number of benzene rings is 1. The van der Waals surface area contributed by atoms with Gasteiger partial charge >= 0.3 is 0 Å². The van der Waals surface area contributed by atoms with Gasteiger partial charge in [0.25, 0.3) is 0 Å². The van der Waals surface area contributed by atoms with E-state index in [9.17, 15) is 4.79 Å². The fraction of sp³-hybridized carbons (Fsp3) is 0.154. The minimum atomic E-state index is 0.118. The average molecular weight is 216 g/mol. The standard InChI is InChI=1S/C13H12OS/c1-2-10-5-7-11(8-6-10)13(14)12-4-3-9-15-12/h3-9H,2H2,1H3. The fourth-order valence-corrected chi connectivity index (χ4v) is 2.13. The number of ketones is 1. The van der Waals surface area contributed by atoms with Gasteiger partial charge < -0.3 is 0 Å². The number of thiophene rings is 1. The van der Waals surface area contributed by atoms with Crippen molar-refractivity contribution in [3.8, 4) is 0 Å². The average Bonchev–Trinajstić information content (AvgIpc) is 2.82. The van der Waals surface area contributed by atoms with E-state index >= 15 is 0 Å². The zero-order valence-electron chi connectivity index (χ0n) is 8.57. The van der Waals surface area contributed by atoms with Crippen molar-refractivity contribution in [2.75, 3.05) is 0 Å². The summed E-state index contributed by atoms with van der Waals surface area (Å²) in [6.07, 6.45) is 1.01. The van der Waals surface area contributed by atoms with Crippen molar-refractivity contribution < 1.29 is 4.79 Å². The van der Waals surface area contributed by atoms with Gasteiger partial charge in [0.2, 0.25) is 5.78 Å². The van der Waals surface area contributed by atoms with E-state index in [2.05, 4.69) is 6.92 Å². The molecule has 0 saturated heterocycles. The predicted octanol–water partition coefficient (Wildman–Crippen LogP) is 3.54. The molecule has 0 fully saturated rings. The monoisotopic (exact) mass is 216 g/mol. The van der Waals surface area contributed by atoms with Crippen LogP contribution in [0.25, 0.3) is 0 Å². The Hall–Kier alpha value is -1.41. The molecular weight excluding hydrogens is 204 g/mol. The van der Waals surface area contributed by atoms with E-state index in [1.54, 1.807) is 0 Å². The van der Waals surface area contributed by atoms with Gasteiger partial charge in [-0.3, -0.25) is 4.79 Å². The topological polar surface area (TPSA) is 17.1 Å². The molecule has 1 aromatic heterocycles. The summed E-state index contributed by atoms with van der Waals surface area (Å²) in [5, 5.41) is 1.92. The van der Waals surface area contributed by atoms with Crippen molar-refractivity contribution in [1.82, 2.24) is 0 Å². The smallest absolute Gasteiger partial charge is 0.202 e. The van der Waals surface area contributed by atoms with E-state index in [-0.39, 0.29) is 5.78 Å². The second kappa shape index (κ2) is 4.41. The molecule has 2 rings (SSSR count). The lowest BCUT2D eigenvalue weighted by Crippen LogP contribution is -1.98. The number of carbonyl (C=O) groups is 1. The van der Waals surface area contributed by atoms with Crippen LogP contribution >= 0.6 is 11.3 Å². The highest BCUT2D eigenvalue weighted by atomic mass is 32.1. The number of carbonyl (C=O) groups excluding carboxylic acids is 1. The zero-order valence-corrected chi connectivity index (χ0v) is 9.38. The number of aryl methyl sites for hydroxylation is 1. The maximum absolute atomic E-state index is 11.9. The first-order valence-electron chi connectivity index (χ1n) is 4.98. The van der Waals surface area contributed by atoms with Gasteiger partial charge in [-0.15, -0.1) is 11.3 Å². The molecule has 0 aliphatic carbocycles. The summed E-state index contributed by atoms with van der Waals surface area (Å²) in [7, 11) is 0. The molecule has 2 heteroatoms. The Morgan fingerprint density at radius 2 is 1.93 bits per heavy atom. The molecule has 0 atom stereocenters. The Labute approximate surface area is 93.4 Å². The molecule has 0 N–H and O–H groups in total. The van der Waals surface area contributed by atoms with E-state index in [1.165, 1.54) is 16.9 Å². The highest BCUT2D eigenvalue weighted by Gasteiger charge is 2.08. The van der Waals surface area contributed by atoms with Crippen molar-refractivity contribution in [3.63, 3.8) is 0 Å². The first-order chi connectivity index (χ1) is 7.31. The van der Waals surface area contributed by atoms with Gasteiger partial charge in [-0.25, -0.2) is 0 Å². The molecule has 76 valence electrons. The molecule has 0 aliphatic rings. The Kier molecular flexibility index (Phi) is 2.97. The van der Waals surface area contributed by atoms with E-state index in [0.29, 0.717) is 0 Å². The van der Waals surface area contributed by atoms with Crippen LogP contribution in [0.3, 0.4) is 0 Å². The molecule has 1 aromatic carbocycles. The van der Waals surface area contributed by atoms with Crippen LogP contribution in [0, 0.1) is 0 Å². The van der Waals surface area contributed by atoms with Crippen molar-refractivity contribution in [2.45, 2.75) is 13.3 Å². The number of hydrogen-bond donors (Lipinski definition) is 0. The maximum Gasteiger partial charge on any atom is 0.202 e. The quantitative estimate of drug-likeness (QED) is 0.717. The van der Waals surface area contributed by atoms with Crippen LogP contribution in [0.5, 0.6) is 0 Å². The van der Waals surface area contributed by atoms with Crippen LogP contribution in [0.4, 0.5) is 0 Å². The Morgan fingerprint density at radius 1 is 1.20 bits per heavy atom. The van der Waals surface area contributed by atoms with Gasteiger partial charge in [-0.1, -0.05) is 37.3 Å². The lowest BCUT2D eigenvalue weighted by Gasteiger charge is -1.99. The molecule has 0 radical (unpaired) electrons. The highest BCUT2D eigenvalue weighted by molar-refractivity contribution is 7.12. The molecule has 0 bridgehead atoms. The Morgan fingerprint density at radius 3 is 2.47 bits per heavy atom. The van der Waals surface area contributed by atoms with E-state index in [0.717, 1.165) is 16.9 Å². The first-order valence-corrected chi connectivity index (χ1v) is 5.86. The second-order valence-corrected chi connectivity index (χ2v) is 4.30. The summed E-state index contributed by atoms with van der Waals surface area (Å²) in [6.45, 7) is 2.11. The van der Waals surface area contributed by atoms with Crippen molar-refractivity contribution in [3.05, 3.63) is 57.8 Å². The van der Waals surface area contributed by atoms with Gasteiger partial charge in [0.05, 0.1) is 4.88 Å². The van der Waals surface area contributed by atoms with E-state index in [1.807, 2.05) is 41.8 Å². The van der Waals surface area contributed by atoms with E-state index in [4.69, 9.17) is 0 Å². The second-order valence-electron chi connectivity index (χ2n) is 3.36. The Bertz CT molecular complexity index is 440. The molecule has 0 saturated carbocycles. The van der Waals surface area contributed by atoms with Crippen molar-refractivity contribution >= 4 is 17.1 Å². The van der Waals surface area contributed by atoms with Crippen molar-refractivity contribution in [1.29, 1.82) is 0 Å². The normalized spacial score (nSPS) is 10.2. The largest absolute Gasteiger partial charge is 0.288 e. The molecule has 2 aromatic rings. The fourth-order valence-electron chi connectivity index (χ4n) is 1.44. The Balaban J connectivity index is 2.27. The molecule has 1 heterocycles. The van der Waals surface area contributed by atoms with Gasteiger partial charge in [-0.05, 0) is 23.4 Å².